The number of aromatic nitrogens is 2. The van der Waals surface area contributed by atoms with Crippen molar-refractivity contribution in [1.29, 1.82) is 5.41 Å². The Morgan fingerprint density at radius 3 is 2.55 bits per heavy atom. The smallest absolute Gasteiger partial charge is 0.250 e. The van der Waals surface area contributed by atoms with Crippen molar-refractivity contribution in [3.8, 4) is 11.6 Å². The molecule has 20 heavy (non-hydrogen) atoms. The van der Waals surface area contributed by atoms with E-state index in [-0.39, 0.29) is 11.7 Å². The molecule has 0 aliphatic carbocycles. The van der Waals surface area contributed by atoms with Gasteiger partial charge in [-0.2, -0.15) is 5.10 Å². The Morgan fingerprint density at radius 1 is 1.25 bits per heavy atom. The Balaban J connectivity index is 2.48. The summed E-state index contributed by atoms with van der Waals surface area (Å²) < 4.78 is 7.42. The zero-order valence-electron chi connectivity index (χ0n) is 10.9. The topological polar surface area (TPSA) is 84.9 Å². The van der Waals surface area contributed by atoms with Crippen LogP contribution in [0.25, 0.3) is 0 Å². The highest BCUT2D eigenvalue weighted by Gasteiger charge is 2.16. The Kier molecular flexibility index (Phi) is 4.39. The van der Waals surface area contributed by atoms with Crippen molar-refractivity contribution in [2.75, 3.05) is 0 Å². The van der Waals surface area contributed by atoms with E-state index in [2.05, 4.69) is 42.1 Å². The fourth-order valence-corrected chi connectivity index (χ4v) is 2.77. The molecule has 104 valence electrons. The molecule has 1 aromatic heterocycles. The van der Waals surface area contributed by atoms with Crippen molar-refractivity contribution in [1.82, 2.24) is 10.2 Å². The number of ether oxygens (including phenoxy) is 1. The molecule has 0 saturated carbocycles. The molecule has 0 atom stereocenters. The van der Waals surface area contributed by atoms with E-state index in [1.54, 1.807) is 6.07 Å². The first-order valence-corrected chi connectivity index (χ1v) is 7.30. The minimum atomic E-state index is -0.0938. The van der Waals surface area contributed by atoms with Crippen LogP contribution >= 0.6 is 31.9 Å². The largest absolute Gasteiger partial charge is 0.436 e. The number of aryl methyl sites for hydroxylation is 1. The van der Waals surface area contributed by atoms with Crippen LogP contribution in [0, 0.1) is 19.3 Å². The summed E-state index contributed by atoms with van der Waals surface area (Å²) in [6, 6.07) is 5.49. The molecule has 0 unspecified atom stereocenters. The maximum atomic E-state index is 7.68. The highest BCUT2D eigenvalue weighted by atomic mass is 79.9. The maximum absolute atomic E-state index is 7.68. The average molecular weight is 400 g/mol. The van der Waals surface area contributed by atoms with Crippen LogP contribution in [0.15, 0.2) is 27.1 Å². The van der Waals surface area contributed by atoms with Crippen LogP contribution in [0.2, 0.25) is 0 Å². The minimum absolute atomic E-state index is 0.0938. The lowest BCUT2D eigenvalue weighted by molar-refractivity contribution is 0.449. The van der Waals surface area contributed by atoms with E-state index in [1.165, 1.54) is 0 Å². The van der Waals surface area contributed by atoms with Gasteiger partial charge in [0, 0.05) is 4.47 Å². The Morgan fingerprint density at radius 2 is 1.95 bits per heavy atom. The molecule has 0 saturated heterocycles. The van der Waals surface area contributed by atoms with Gasteiger partial charge < -0.3 is 10.5 Å². The van der Waals surface area contributed by atoms with Gasteiger partial charge in [-0.05, 0) is 53.5 Å². The first kappa shape index (κ1) is 14.9. The average Bonchev–Trinajstić information content (AvgIpc) is 2.36. The van der Waals surface area contributed by atoms with Gasteiger partial charge in [0.15, 0.2) is 0 Å². The second-order valence-corrected chi connectivity index (χ2v) is 5.95. The summed E-state index contributed by atoms with van der Waals surface area (Å²) in [5.74, 6) is 0.709. The molecule has 2 aromatic rings. The maximum Gasteiger partial charge on any atom is 0.250 e. The van der Waals surface area contributed by atoms with Gasteiger partial charge in [0.1, 0.15) is 11.6 Å². The van der Waals surface area contributed by atoms with Gasteiger partial charge in [-0.25, -0.2) is 0 Å². The number of nitrogens with one attached hydrogen (secondary N) is 1. The van der Waals surface area contributed by atoms with Crippen molar-refractivity contribution in [2.24, 2.45) is 5.73 Å². The predicted octanol–water partition coefficient (Wildman–Crippen LogP) is 3.69. The Labute approximate surface area is 133 Å². The van der Waals surface area contributed by atoms with Crippen molar-refractivity contribution in [3.05, 3.63) is 44.0 Å². The first-order valence-electron chi connectivity index (χ1n) is 5.71. The monoisotopic (exact) mass is 398 g/mol. The molecule has 0 radical (unpaired) electrons. The lowest BCUT2D eigenvalue weighted by Gasteiger charge is -2.13. The first-order chi connectivity index (χ1) is 9.40. The van der Waals surface area contributed by atoms with E-state index in [0.717, 1.165) is 20.2 Å². The second-order valence-electron chi connectivity index (χ2n) is 4.18. The van der Waals surface area contributed by atoms with Crippen LogP contribution in [0.3, 0.4) is 0 Å². The number of nitrogens with two attached hydrogens (primary N) is 1. The van der Waals surface area contributed by atoms with Crippen LogP contribution < -0.4 is 10.5 Å². The number of halogens is 2. The van der Waals surface area contributed by atoms with Gasteiger partial charge in [0.2, 0.25) is 5.88 Å². The molecule has 0 bridgehead atoms. The van der Waals surface area contributed by atoms with Gasteiger partial charge in [0.05, 0.1) is 15.7 Å². The number of nitrogen functional groups attached to an aromatic ring is 1. The Bertz CT molecular complexity index is 688. The van der Waals surface area contributed by atoms with Crippen molar-refractivity contribution < 1.29 is 4.74 Å². The third-order valence-electron chi connectivity index (χ3n) is 2.79. The molecule has 0 aliphatic heterocycles. The highest BCUT2D eigenvalue weighted by molar-refractivity contribution is 9.11. The fourth-order valence-electron chi connectivity index (χ4n) is 1.64. The molecule has 0 amide bonds. The molecule has 2 rings (SSSR count). The van der Waals surface area contributed by atoms with Crippen molar-refractivity contribution >= 4 is 37.7 Å². The SMILES string of the molecule is Cc1nnc(Oc2ccc(Br)cc2Br)c(C(=N)N)c1C. The van der Waals surface area contributed by atoms with E-state index in [0.29, 0.717) is 11.3 Å². The number of nitrogens with zero attached hydrogens (tertiary/aromatic N) is 2. The molecule has 7 heteroatoms. The van der Waals surface area contributed by atoms with Crippen LogP contribution in [0.5, 0.6) is 11.6 Å². The Hall–Kier alpha value is -1.47. The van der Waals surface area contributed by atoms with Gasteiger partial charge in [-0.15, -0.1) is 5.10 Å². The molecule has 1 heterocycles. The van der Waals surface area contributed by atoms with Crippen LogP contribution in [-0.4, -0.2) is 16.0 Å². The number of hydrogen-bond donors (Lipinski definition) is 2. The predicted molar refractivity (Wildman–Crippen MR) is 84.4 cm³/mol. The fraction of sp³-hybridized carbons (Fsp3) is 0.154. The third kappa shape index (κ3) is 2.99. The second kappa shape index (κ2) is 5.88. The summed E-state index contributed by atoms with van der Waals surface area (Å²) in [7, 11) is 0. The van der Waals surface area contributed by atoms with Gasteiger partial charge >= 0.3 is 0 Å². The summed E-state index contributed by atoms with van der Waals surface area (Å²) in [6.07, 6.45) is 0. The quantitative estimate of drug-likeness (QED) is 0.608. The molecule has 0 spiro atoms. The van der Waals surface area contributed by atoms with Crippen LogP contribution in [0.1, 0.15) is 16.8 Å². The normalized spacial score (nSPS) is 10.4. The molecule has 3 N–H and O–H groups in total. The zero-order chi connectivity index (χ0) is 14.9. The zero-order valence-corrected chi connectivity index (χ0v) is 14.0. The third-order valence-corrected chi connectivity index (χ3v) is 3.91. The van der Waals surface area contributed by atoms with Gasteiger partial charge in [-0.1, -0.05) is 15.9 Å². The van der Waals surface area contributed by atoms with Crippen LogP contribution in [-0.2, 0) is 0 Å². The number of rotatable bonds is 3. The van der Waals surface area contributed by atoms with E-state index < -0.39 is 0 Å². The lowest BCUT2D eigenvalue weighted by Crippen LogP contribution is -2.16. The summed E-state index contributed by atoms with van der Waals surface area (Å²) in [5.41, 5.74) is 7.59. The van der Waals surface area contributed by atoms with Crippen molar-refractivity contribution in [2.45, 2.75) is 13.8 Å². The molecule has 0 fully saturated rings. The van der Waals surface area contributed by atoms with Crippen LogP contribution in [0.4, 0.5) is 0 Å². The molecular weight excluding hydrogens is 388 g/mol. The van der Waals surface area contributed by atoms with Gasteiger partial charge in [0.25, 0.3) is 0 Å². The number of amidine groups is 1. The van der Waals surface area contributed by atoms with E-state index >= 15 is 0 Å². The van der Waals surface area contributed by atoms with E-state index in [1.807, 2.05) is 26.0 Å². The van der Waals surface area contributed by atoms with Crippen molar-refractivity contribution in [3.63, 3.8) is 0 Å². The summed E-state index contributed by atoms with van der Waals surface area (Å²) in [4.78, 5) is 0. The molecule has 1 aromatic carbocycles. The van der Waals surface area contributed by atoms with E-state index in [4.69, 9.17) is 15.9 Å². The standard InChI is InChI=1S/C13H12Br2N4O/c1-6-7(2)18-19-13(11(6)12(16)17)20-10-4-3-8(14)5-9(10)15/h3-5H,1-2H3,(H3,16,17). The number of benzene rings is 1. The lowest BCUT2D eigenvalue weighted by atomic mass is 10.1. The molecular formula is C13H12Br2N4O. The highest BCUT2D eigenvalue weighted by Crippen LogP contribution is 2.33. The van der Waals surface area contributed by atoms with E-state index in [9.17, 15) is 0 Å². The number of hydrogen-bond acceptors (Lipinski definition) is 4. The summed E-state index contributed by atoms with van der Waals surface area (Å²) >= 11 is 6.78. The van der Waals surface area contributed by atoms with Gasteiger partial charge in [-0.3, -0.25) is 5.41 Å². The summed E-state index contributed by atoms with van der Waals surface area (Å²) in [6.45, 7) is 3.65. The molecule has 5 nitrogen and oxygen atoms in total. The molecule has 0 aliphatic rings. The summed E-state index contributed by atoms with van der Waals surface area (Å²) in [5, 5.41) is 15.7. The minimum Gasteiger partial charge on any atom is -0.436 e.